The third-order valence-electron chi connectivity index (χ3n) is 6.57. The summed E-state index contributed by atoms with van der Waals surface area (Å²) in [7, 11) is -4.14. The van der Waals surface area contributed by atoms with E-state index in [9.17, 15) is 13.2 Å². The second-order valence-corrected chi connectivity index (χ2v) is 12.0. The Bertz CT molecular complexity index is 1330. The molecule has 0 spiro atoms. The number of carbonyl (C=O) groups is 1. The minimum absolute atomic E-state index is 0.0104. The molecule has 3 aromatic rings. The zero-order valence-electron chi connectivity index (χ0n) is 19.8. The maximum absolute atomic E-state index is 13.8. The van der Waals surface area contributed by atoms with Gasteiger partial charge in [0, 0.05) is 12.1 Å². The van der Waals surface area contributed by atoms with Crippen LogP contribution in [0.1, 0.15) is 39.2 Å². The fourth-order valence-corrected chi connectivity index (χ4v) is 6.89. The molecular weight excluding hydrogens is 509 g/mol. The lowest BCUT2D eigenvalue weighted by molar-refractivity contribution is -0.140. The molecule has 1 fully saturated rings. The number of H-pyrrole nitrogens is 1. The molecule has 8 nitrogen and oxygen atoms in total. The van der Waals surface area contributed by atoms with Crippen LogP contribution in [0.2, 0.25) is 10.0 Å². The first-order chi connectivity index (χ1) is 16.5. The van der Waals surface area contributed by atoms with E-state index in [1.807, 2.05) is 36.9 Å². The zero-order valence-corrected chi connectivity index (χ0v) is 22.1. The number of imidazole rings is 1. The minimum Gasteiger partial charge on any atom is -0.396 e. The Morgan fingerprint density at radius 3 is 2.43 bits per heavy atom. The van der Waals surface area contributed by atoms with Crippen LogP contribution in [0.15, 0.2) is 41.6 Å². The van der Waals surface area contributed by atoms with Gasteiger partial charge in [-0.1, -0.05) is 36.2 Å². The fraction of sp³-hybridized carbons (Fsp3) is 0.417. The number of carbonyl (C=O) groups excluding carboxylic acids is 1. The molecule has 35 heavy (non-hydrogen) atoms. The number of nitrogens with one attached hydrogen (secondary N) is 2. The molecule has 0 saturated carbocycles. The van der Waals surface area contributed by atoms with E-state index < -0.39 is 16.1 Å². The fourth-order valence-electron chi connectivity index (χ4n) is 5.03. The van der Waals surface area contributed by atoms with E-state index in [2.05, 4.69) is 21.6 Å². The summed E-state index contributed by atoms with van der Waals surface area (Å²) in [6.07, 6.45) is 3.47. The second-order valence-electron chi connectivity index (χ2n) is 9.45. The number of piperidine rings is 1. The van der Waals surface area contributed by atoms with Crippen molar-refractivity contribution in [1.82, 2.24) is 19.6 Å². The van der Waals surface area contributed by atoms with Crippen LogP contribution in [0.3, 0.4) is 0 Å². The van der Waals surface area contributed by atoms with E-state index in [1.165, 1.54) is 12.1 Å². The molecule has 1 aliphatic rings. The number of hydrogen-bond acceptors (Lipinski definition) is 5. The Kier molecular flexibility index (Phi) is 7.33. The highest BCUT2D eigenvalue weighted by Gasteiger charge is 2.37. The number of aromatic amines is 1. The number of anilines is 1. The number of fused-ring (bicyclic) bond motifs is 1. The van der Waals surface area contributed by atoms with Gasteiger partial charge in [-0.3, -0.25) is 4.79 Å². The van der Waals surface area contributed by atoms with Gasteiger partial charge in [-0.05, 0) is 68.9 Å². The van der Waals surface area contributed by atoms with E-state index in [4.69, 9.17) is 28.9 Å². The molecule has 188 valence electrons. The Morgan fingerprint density at radius 2 is 1.80 bits per heavy atom. The van der Waals surface area contributed by atoms with Crippen molar-refractivity contribution < 1.29 is 13.2 Å². The molecular formula is C24H29Cl2N5O3S. The minimum atomic E-state index is -4.14. The molecule has 11 heteroatoms. The summed E-state index contributed by atoms with van der Waals surface area (Å²) in [6, 6.07) is 6.97. The van der Waals surface area contributed by atoms with Gasteiger partial charge in [-0.25, -0.2) is 13.4 Å². The van der Waals surface area contributed by atoms with E-state index >= 15 is 0 Å². The first-order valence-corrected chi connectivity index (χ1v) is 13.7. The Morgan fingerprint density at radius 1 is 1.17 bits per heavy atom. The molecule has 1 aliphatic heterocycles. The van der Waals surface area contributed by atoms with Crippen molar-refractivity contribution >= 4 is 55.9 Å². The van der Waals surface area contributed by atoms with Crippen molar-refractivity contribution in [2.75, 3.05) is 5.73 Å². The van der Waals surface area contributed by atoms with Crippen molar-refractivity contribution in [3.8, 4) is 0 Å². The Labute approximate surface area is 215 Å². The number of aromatic nitrogens is 2. The van der Waals surface area contributed by atoms with Crippen molar-refractivity contribution in [3.63, 3.8) is 0 Å². The summed E-state index contributed by atoms with van der Waals surface area (Å²) in [6.45, 7) is 6.18. The van der Waals surface area contributed by atoms with Crippen LogP contribution in [-0.4, -0.2) is 47.3 Å². The van der Waals surface area contributed by atoms with E-state index in [-0.39, 0.29) is 45.0 Å². The molecule has 3 unspecified atom stereocenters. The number of nitrogens with zero attached hydrogens (tertiary/aromatic N) is 2. The average molecular weight is 539 g/mol. The normalized spacial score (nSPS) is 21.9. The zero-order chi connectivity index (χ0) is 25.5. The predicted octanol–water partition coefficient (Wildman–Crippen LogP) is 4.38. The number of amides is 1. The molecule has 4 rings (SSSR count). The average Bonchev–Trinajstić information content (AvgIpc) is 3.23. The van der Waals surface area contributed by atoms with Crippen LogP contribution in [0.4, 0.5) is 5.69 Å². The number of nitrogens with two attached hydrogens (primary N) is 1. The highest BCUT2D eigenvalue weighted by Crippen LogP contribution is 2.32. The summed E-state index contributed by atoms with van der Waals surface area (Å²) >= 11 is 12.2. The van der Waals surface area contributed by atoms with Crippen LogP contribution >= 0.6 is 23.2 Å². The van der Waals surface area contributed by atoms with Crippen LogP contribution in [-0.2, 0) is 21.2 Å². The molecule has 0 bridgehead atoms. The van der Waals surface area contributed by atoms with Gasteiger partial charge in [0.05, 0.1) is 38.0 Å². The summed E-state index contributed by atoms with van der Waals surface area (Å²) < 4.78 is 29.4. The van der Waals surface area contributed by atoms with Gasteiger partial charge in [-0.15, -0.1) is 0 Å². The van der Waals surface area contributed by atoms with Crippen molar-refractivity contribution in [2.45, 2.75) is 63.1 Å². The third-order valence-corrected chi connectivity index (χ3v) is 8.65. The third kappa shape index (κ3) is 5.43. The van der Waals surface area contributed by atoms with Crippen LogP contribution in [0, 0.1) is 5.92 Å². The molecule has 0 radical (unpaired) electrons. The Balaban J connectivity index is 1.69. The molecule has 3 atom stereocenters. The number of hydrogen-bond donors (Lipinski definition) is 3. The highest BCUT2D eigenvalue weighted by molar-refractivity contribution is 7.89. The number of benzene rings is 2. The first-order valence-electron chi connectivity index (χ1n) is 11.5. The van der Waals surface area contributed by atoms with Gasteiger partial charge in [-0.2, -0.15) is 4.72 Å². The van der Waals surface area contributed by atoms with Gasteiger partial charge < -0.3 is 15.6 Å². The molecule has 1 aromatic heterocycles. The summed E-state index contributed by atoms with van der Waals surface area (Å²) in [4.78, 5) is 22.8. The van der Waals surface area contributed by atoms with Crippen LogP contribution in [0.25, 0.3) is 11.0 Å². The van der Waals surface area contributed by atoms with Gasteiger partial charge in [0.25, 0.3) is 0 Å². The van der Waals surface area contributed by atoms with Gasteiger partial charge in [0.1, 0.15) is 6.04 Å². The molecule has 1 saturated heterocycles. The maximum atomic E-state index is 13.8. The SMILES string of the molecule is CC1CC(C)N(C(=O)C(Cc2ccc3nc[nH]c3c2)NS(=O)(=O)c2cc(Cl)c(N)c(Cl)c2)C(C)C1. The van der Waals surface area contributed by atoms with Gasteiger partial charge in [0.2, 0.25) is 15.9 Å². The van der Waals surface area contributed by atoms with E-state index in [1.54, 1.807) is 6.33 Å². The Hall–Kier alpha value is -2.33. The lowest BCUT2D eigenvalue weighted by Crippen LogP contribution is -2.57. The smallest absolute Gasteiger partial charge is 0.241 e. The first kappa shape index (κ1) is 25.8. The van der Waals surface area contributed by atoms with E-state index in [0.29, 0.717) is 5.92 Å². The van der Waals surface area contributed by atoms with Crippen molar-refractivity contribution in [2.24, 2.45) is 5.92 Å². The summed E-state index contributed by atoms with van der Waals surface area (Å²) in [5.41, 5.74) is 8.26. The summed E-state index contributed by atoms with van der Waals surface area (Å²) in [5.74, 6) is 0.221. The number of likely N-dealkylation sites (tertiary alicyclic amines) is 1. The highest BCUT2D eigenvalue weighted by atomic mass is 35.5. The molecule has 1 amide bonds. The number of rotatable bonds is 6. The van der Waals surface area contributed by atoms with E-state index in [0.717, 1.165) is 29.4 Å². The maximum Gasteiger partial charge on any atom is 0.241 e. The van der Waals surface area contributed by atoms with Crippen molar-refractivity contribution in [3.05, 3.63) is 52.3 Å². The number of sulfonamides is 1. The standard InChI is InChI=1S/C24H29Cl2N5O3S/c1-13-6-14(2)31(15(3)7-13)24(32)22(9-16-4-5-20-21(8-16)29-12-28-20)30-35(33,34)17-10-18(25)23(27)19(26)11-17/h4-5,8,10-15,22,30H,6-7,9,27H2,1-3H3,(H,28,29). The van der Waals surface area contributed by atoms with Crippen LogP contribution < -0.4 is 10.5 Å². The van der Waals surface area contributed by atoms with Crippen molar-refractivity contribution in [1.29, 1.82) is 0 Å². The molecule has 2 aromatic carbocycles. The van der Waals surface area contributed by atoms with Gasteiger partial charge >= 0.3 is 0 Å². The second kappa shape index (κ2) is 9.97. The lowest BCUT2D eigenvalue weighted by atomic mass is 9.87. The predicted molar refractivity (Wildman–Crippen MR) is 139 cm³/mol. The van der Waals surface area contributed by atoms with Gasteiger partial charge in [0.15, 0.2) is 0 Å². The molecule has 4 N–H and O–H groups in total. The number of nitrogen functional groups attached to an aromatic ring is 1. The lowest BCUT2D eigenvalue weighted by Gasteiger charge is -2.43. The molecule has 2 heterocycles. The van der Waals surface area contributed by atoms with Crippen LogP contribution in [0.5, 0.6) is 0 Å². The summed E-state index contributed by atoms with van der Waals surface area (Å²) in [5, 5.41) is 0.0513. The largest absolute Gasteiger partial charge is 0.396 e. The topological polar surface area (TPSA) is 121 Å². The molecule has 0 aliphatic carbocycles. The quantitative estimate of drug-likeness (QED) is 0.403. The monoisotopic (exact) mass is 537 g/mol. The number of halogens is 2.